The molecule has 0 spiro atoms. The van der Waals surface area contributed by atoms with Gasteiger partial charge in [0, 0.05) is 6.54 Å². The molecule has 1 saturated heterocycles. The molecule has 6 nitrogen and oxygen atoms in total. The number of nitrogens with zero attached hydrogens (tertiary/aromatic N) is 3. The van der Waals surface area contributed by atoms with E-state index in [2.05, 4.69) is 10.6 Å². The van der Waals surface area contributed by atoms with Gasteiger partial charge in [0.25, 0.3) is 5.91 Å². The Morgan fingerprint density at radius 1 is 1.10 bits per heavy atom. The van der Waals surface area contributed by atoms with Crippen molar-refractivity contribution in [2.45, 2.75) is 12.8 Å². The first-order valence-electron chi connectivity index (χ1n) is 9.39. The normalized spacial score (nSPS) is 17.7. The molecule has 3 heterocycles. The topological polar surface area (TPSA) is 79.8 Å². The van der Waals surface area contributed by atoms with E-state index in [4.69, 9.17) is 27.2 Å². The summed E-state index contributed by atoms with van der Waals surface area (Å²) in [5.74, 6) is 1.26. The minimum atomic E-state index is -0.190. The molecule has 1 aliphatic heterocycles. The molecule has 5 rings (SSSR count). The first kappa shape index (κ1) is 18.2. The van der Waals surface area contributed by atoms with Gasteiger partial charge in [-0.2, -0.15) is 0 Å². The van der Waals surface area contributed by atoms with Crippen molar-refractivity contribution in [1.82, 2.24) is 20.3 Å². The molecule has 2 aliphatic rings. The Hall–Kier alpha value is -2.84. The minimum Gasteiger partial charge on any atom is -0.368 e. The second-order valence-corrected chi connectivity index (χ2v) is 8.75. The lowest BCUT2D eigenvalue weighted by molar-refractivity contribution is -0.115. The quantitative estimate of drug-likeness (QED) is 0.478. The fraction of sp³-hybridized carbons (Fsp3) is 0.190. The van der Waals surface area contributed by atoms with Gasteiger partial charge < -0.3 is 10.6 Å². The van der Waals surface area contributed by atoms with Gasteiger partial charge in [-0.3, -0.25) is 4.79 Å². The van der Waals surface area contributed by atoms with E-state index < -0.39 is 0 Å². The molecule has 2 aromatic heterocycles. The van der Waals surface area contributed by atoms with Crippen LogP contribution in [-0.2, 0) is 4.79 Å². The Bertz CT molecular complexity index is 1170. The maximum atomic E-state index is 12.0. The first-order chi connectivity index (χ1) is 14.2. The highest BCUT2D eigenvalue weighted by Gasteiger charge is 2.23. The molecule has 1 aliphatic carbocycles. The van der Waals surface area contributed by atoms with E-state index >= 15 is 0 Å². The molecule has 0 unspecified atom stereocenters. The number of hydrogen-bond acceptors (Lipinski definition) is 7. The molecular weight excluding hydrogens is 402 g/mol. The van der Waals surface area contributed by atoms with E-state index in [-0.39, 0.29) is 5.91 Å². The summed E-state index contributed by atoms with van der Waals surface area (Å²) in [4.78, 5) is 26.8. The fourth-order valence-corrected chi connectivity index (χ4v) is 4.11. The molecule has 144 valence electrons. The smallest absolute Gasteiger partial charge is 0.263 e. The van der Waals surface area contributed by atoms with Gasteiger partial charge >= 0.3 is 0 Å². The monoisotopic (exact) mass is 419 g/mol. The van der Waals surface area contributed by atoms with Crippen molar-refractivity contribution in [3.8, 4) is 11.4 Å². The third-order valence-electron chi connectivity index (χ3n) is 4.76. The molecule has 29 heavy (non-hydrogen) atoms. The lowest BCUT2D eigenvalue weighted by Gasteiger charge is -2.11. The number of pyridine rings is 1. The van der Waals surface area contributed by atoms with Crippen LogP contribution < -0.4 is 10.6 Å². The number of fused-ring (bicyclic) bond motifs is 1. The molecule has 0 radical (unpaired) electrons. The Morgan fingerprint density at radius 2 is 1.90 bits per heavy atom. The Morgan fingerprint density at radius 3 is 2.62 bits per heavy atom. The molecule has 1 saturated carbocycles. The molecule has 1 amide bonds. The third-order valence-corrected chi connectivity index (χ3v) is 5.92. The van der Waals surface area contributed by atoms with E-state index in [1.54, 1.807) is 6.08 Å². The van der Waals surface area contributed by atoms with Crippen molar-refractivity contribution >= 4 is 57.1 Å². The number of carbonyl (C=O) groups excluding carboxylic acids is 1. The van der Waals surface area contributed by atoms with Gasteiger partial charge in [0.15, 0.2) is 5.82 Å². The number of amides is 1. The fourth-order valence-electron chi connectivity index (χ4n) is 3.08. The van der Waals surface area contributed by atoms with Crippen LogP contribution in [0, 0.1) is 5.92 Å². The summed E-state index contributed by atoms with van der Waals surface area (Å²) in [7, 11) is 0. The Labute approximate surface area is 177 Å². The van der Waals surface area contributed by atoms with Crippen molar-refractivity contribution in [3.63, 3.8) is 0 Å². The number of nitrogens with one attached hydrogen (secondary N) is 2. The molecule has 2 N–H and O–H groups in total. The van der Waals surface area contributed by atoms with E-state index in [1.807, 2.05) is 42.5 Å². The standard InChI is InChI=1S/C21H17N5OS2/c27-20-17(29-21(28)26-20)10-13-4-3-7-16(23-13)18-19(22-11-12-8-9-12)25-15-6-2-1-5-14(15)24-18/h1-7,10,12H,8-9,11H2,(H,22,25)(H,26,27,28)/b17-10-. The van der Waals surface area contributed by atoms with E-state index in [0.29, 0.717) is 32.2 Å². The predicted molar refractivity (Wildman–Crippen MR) is 120 cm³/mol. The van der Waals surface area contributed by atoms with E-state index in [9.17, 15) is 4.79 Å². The minimum absolute atomic E-state index is 0.190. The summed E-state index contributed by atoms with van der Waals surface area (Å²) in [6.45, 7) is 0.887. The van der Waals surface area contributed by atoms with Crippen molar-refractivity contribution in [2.75, 3.05) is 11.9 Å². The SMILES string of the molecule is O=C1NC(=S)S/C1=C\c1cccc(-c2nc3ccccc3nc2NCC2CC2)n1. The predicted octanol–water partition coefficient (Wildman–Crippen LogP) is 4.00. The average Bonchev–Trinajstić information content (AvgIpc) is 3.50. The highest BCUT2D eigenvalue weighted by Crippen LogP contribution is 2.32. The summed E-state index contributed by atoms with van der Waals surface area (Å²) in [5.41, 5.74) is 3.76. The van der Waals surface area contributed by atoms with Crippen LogP contribution in [0.4, 0.5) is 5.82 Å². The van der Waals surface area contributed by atoms with Crippen molar-refractivity contribution < 1.29 is 4.79 Å². The molecule has 0 bridgehead atoms. The number of anilines is 1. The second kappa shape index (κ2) is 7.53. The highest BCUT2D eigenvalue weighted by molar-refractivity contribution is 8.26. The largest absolute Gasteiger partial charge is 0.368 e. The van der Waals surface area contributed by atoms with Crippen molar-refractivity contribution in [3.05, 3.63) is 53.1 Å². The number of benzene rings is 1. The first-order valence-corrected chi connectivity index (χ1v) is 10.6. The van der Waals surface area contributed by atoms with Gasteiger partial charge in [-0.05, 0) is 49.1 Å². The second-order valence-electron chi connectivity index (χ2n) is 7.03. The summed E-state index contributed by atoms with van der Waals surface area (Å²) >= 11 is 6.30. The van der Waals surface area contributed by atoms with Crippen LogP contribution in [0.2, 0.25) is 0 Å². The van der Waals surface area contributed by atoms with Crippen LogP contribution in [0.25, 0.3) is 28.5 Å². The average molecular weight is 420 g/mol. The van der Waals surface area contributed by atoms with Gasteiger partial charge in [-0.1, -0.05) is 42.2 Å². The van der Waals surface area contributed by atoms with E-state index in [1.165, 1.54) is 24.6 Å². The summed E-state index contributed by atoms with van der Waals surface area (Å²) < 4.78 is 0.462. The van der Waals surface area contributed by atoms with Gasteiger partial charge in [-0.15, -0.1) is 0 Å². The van der Waals surface area contributed by atoms with Gasteiger partial charge in [0.1, 0.15) is 10.0 Å². The number of rotatable bonds is 5. The number of hydrogen-bond donors (Lipinski definition) is 2. The van der Waals surface area contributed by atoms with Crippen LogP contribution in [-0.4, -0.2) is 31.7 Å². The maximum Gasteiger partial charge on any atom is 0.263 e. The maximum absolute atomic E-state index is 12.0. The molecule has 0 atom stereocenters. The van der Waals surface area contributed by atoms with Crippen LogP contribution in [0.3, 0.4) is 0 Å². The van der Waals surface area contributed by atoms with Crippen LogP contribution >= 0.6 is 24.0 Å². The molecule has 1 aromatic carbocycles. The van der Waals surface area contributed by atoms with Crippen LogP contribution in [0.15, 0.2) is 47.4 Å². The number of para-hydroxylation sites is 2. The Balaban J connectivity index is 1.55. The number of carbonyl (C=O) groups is 1. The summed E-state index contributed by atoms with van der Waals surface area (Å²) in [5, 5.41) is 6.08. The van der Waals surface area contributed by atoms with Crippen LogP contribution in [0.5, 0.6) is 0 Å². The number of thiocarbonyl (C=S) groups is 1. The zero-order chi connectivity index (χ0) is 19.8. The Kier molecular flexibility index (Phi) is 4.73. The highest BCUT2D eigenvalue weighted by atomic mass is 32.2. The van der Waals surface area contributed by atoms with E-state index in [0.717, 1.165) is 23.4 Å². The van der Waals surface area contributed by atoms with Gasteiger partial charge in [-0.25, -0.2) is 15.0 Å². The number of thioether (sulfide) groups is 1. The molecule has 2 fully saturated rings. The lowest BCUT2D eigenvalue weighted by Crippen LogP contribution is -2.17. The summed E-state index contributed by atoms with van der Waals surface area (Å²) in [6.07, 6.45) is 4.26. The molecule has 3 aromatic rings. The van der Waals surface area contributed by atoms with Crippen molar-refractivity contribution in [2.24, 2.45) is 5.92 Å². The van der Waals surface area contributed by atoms with Gasteiger partial charge in [0.05, 0.1) is 27.3 Å². The third kappa shape index (κ3) is 3.99. The zero-order valence-electron chi connectivity index (χ0n) is 15.4. The van der Waals surface area contributed by atoms with Gasteiger partial charge in [0.2, 0.25) is 0 Å². The zero-order valence-corrected chi connectivity index (χ0v) is 17.0. The molecule has 8 heteroatoms. The van der Waals surface area contributed by atoms with Crippen LogP contribution in [0.1, 0.15) is 18.5 Å². The summed E-state index contributed by atoms with van der Waals surface area (Å²) in [6, 6.07) is 13.5. The number of aromatic nitrogens is 3. The molecular formula is C21H17N5OS2. The van der Waals surface area contributed by atoms with Crippen molar-refractivity contribution in [1.29, 1.82) is 0 Å². The lowest BCUT2D eigenvalue weighted by atomic mass is 10.2.